The van der Waals surface area contributed by atoms with Gasteiger partial charge in [0, 0.05) is 25.9 Å². The third kappa shape index (κ3) is 5.07. The van der Waals surface area contributed by atoms with Crippen LogP contribution < -0.4 is 5.32 Å². The average Bonchev–Trinajstić information content (AvgIpc) is 3.29. The van der Waals surface area contributed by atoms with Gasteiger partial charge < -0.3 is 19.0 Å². The number of amides is 1. The van der Waals surface area contributed by atoms with Gasteiger partial charge in [0.15, 0.2) is 11.0 Å². The Labute approximate surface area is 174 Å². The van der Waals surface area contributed by atoms with Crippen LogP contribution in [0.1, 0.15) is 23.3 Å². The fourth-order valence-corrected chi connectivity index (χ4v) is 3.75. The zero-order chi connectivity index (χ0) is 20.8. The maximum absolute atomic E-state index is 12.5. The number of hydrogen-bond acceptors (Lipinski definition) is 6. The van der Waals surface area contributed by atoms with E-state index in [0.29, 0.717) is 18.3 Å². The van der Waals surface area contributed by atoms with Gasteiger partial charge in [-0.2, -0.15) is 0 Å². The van der Waals surface area contributed by atoms with Crippen LogP contribution in [-0.2, 0) is 16.1 Å². The molecule has 0 atom stereocenters. The summed E-state index contributed by atoms with van der Waals surface area (Å²) < 4.78 is 12.6. The molecule has 2 heterocycles. The molecule has 3 aromatic rings. The minimum atomic E-state index is -0.0730. The molecule has 29 heavy (non-hydrogen) atoms. The Hall–Kier alpha value is -2.58. The number of rotatable bonds is 9. The van der Waals surface area contributed by atoms with E-state index in [0.717, 1.165) is 40.4 Å². The van der Waals surface area contributed by atoms with E-state index in [1.807, 2.05) is 49.6 Å². The van der Waals surface area contributed by atoms with E-state index in [-0.39, 0.29) is 11.7 Å². The molecule has 0 bridgehead atoms. The Morgan fingerprint density at radius 1 is 1.24 bits per heavy atom. The van der Waals surface area contributed by atoms with Crippen molar-refractivity contribution in [3.63, 3.8) is 0 Å². The second kappa shape index (κ2) is 9.76. The fourth-order valence-electron chi connectivity index (χ4n) is 2.98. The Kier molecular flexibility index (Phi) is 7.11. The number of methoxy groups -OCH3 is 1. The van der Waals surface area contributed by atoms with Crippen LogP contribution in [0.3, 0.4) is 0 Å². The number of nitrogens with one attached hydrogen (secondary N) is 1. The van der Waals surface area contributed by atoms with Gasteiger partial charge in [-0.25, -0.2) is 0 Å². The molecule has 8 heteroatoms. The third-order valence-corrected chi connectivity index (χ3v) is 5.72. The summed E-state index contributed by atoms with van der Waals surface area (Å²) in [6.45, 7) is 7.26. The number of aromatic nitrogens is 3. The van der Waals surface area contributed by atoms with Gasteiger partial charge in [0.1, 0.15) is 5.76 Å². The number of thioether (sulfide) groups is 1. The lowest BCUT2D eigenvalue weighted by atomic mass is 10.1. The maximum Gasteiger partial charge on any atom is 0.234 e. The minimum absolute atomic E-state index is 0.0730. The Morgan fingerprint density at radius 3 is 2.79 bits per heavy atom. The van der Waals surface area contributed by atoms with Gasteiger partial charge in [-0.05, 0) is 50.5 Å². The smallest absolute Gasteiger partial charge is 0.234 e. The van der Waals surface area contributed by atoms with Gasteiger partial charge in [-0.3, -0.25) is 4.79 Å². The van der Waals surface area contributed by atoms with Crippen molar-refractivity contribution in [2.45, 2.75) is 38.9 Å². The standard InChI is InChI=1S/C21H26N4O3S/c1-14-7-5-8-18(15(14)2)22-19(26)13-29-21-24-23-20(17-9-12-28-16(17)3)25(21)10-6-11-27-4/h5,7-9,12H,6,10-11,13H2,1-4H3,(H,22,26). The summed E-state index contributed by atoms with van der Waals surface area (Å²) in [5, 5.41) is 12.3. The normalized spacial score (nSPS) is 11.0. The number of hydrogen-bond donors (Lipinski definition) is 1. The highest BCUT2D eigenvalue weighted by atomic mass is 32.2. The van der Waals surface area contributed by atoms with Crippen molar-refractivity contribution in [2.75, 3.05) is 24.8 Å². The van der Waals surface area contributed by atoms with Crippen LogP contribution >= 0.6 is 11.8 Å². The molecule has 7 nitrogen and oxygen atoms in total. The zero-order valence-electron chi connectivity index (χ0n) is 17.2. The summed E-state index contributed by atoms with van der Waals surface area (Å²) in [6.07, 6.45) is 2.46. The molecule has 0 aliphatic rings. The first-order chi connectivity index (χ1) is 14.0. The lowest BCUT2D eigenvalue weighted by Gasteiger charge is -2.11. The Balaban J connectivity index is 1.72. The van der Waals surface area contributed by atoms with E-state index in [9.17, 15) is 4.79 Å². The second-order valence-electron chi connectivity index (χ2n) is 6.78. The molecular weight excluding hydrogens is 388 g/mol. The van der Waals surface area contributed by atoms with Crippen LogP contribution in [0.4, 0.5) is 5.69 Å². The fraction of sp³-hybridized carbons (Fsp3) is 0.381. The first kappa shape index (κ1) is 21.1. The summed E-state index contributed by atoms with van der Waals surface area (Å²) in [6, 6.07) is 7.77. The van der Waals surface area contributed by atoms with Gasteiger partial charge in [0.2, 0.25) is 5.91 Å². The van der Waals surface area contributed by atoms with Crippen molar-refractivity contribution >= 4 is 23.4 Å². The zero-order valence-corrected chi connectivity index (χ0v) is 18.0. The van der Waals surface area contributed by atoms with Crippen LogP contribution in [0, 0.1) is 20.8 Å². The lowest BCUT2D eigenvalue weighted by molar-refractivity contribution is -0.113. The number of nitrogens with zero attached hydrogens (tertiary/aromatic N) is 3. The molecule has 2 aromatic heterocycles. The molecule has 3 rings (SSSR count). The molecule has 154 valence electrons. The van der Waals surface area contributed by atoms with Gasteiger partial charge in [-0.15, -0.1) is 10.2 Å². The van der Waals surface area contributed by atoms with Crippen LogP contribution in [0.2, 0.25) is 0 Å². The Morgan fingerprint density at radius 2 is 2.07 bits per heavy atom. The van der Waals surface area contributed by atoms with E-state index >= 15 is 0 Å². The highest BCUT2D eigenvalue weighted by Crippen LogP contribution is 2.27. The second-order valence-corrected chi connectivity index (χ2v) is 7.72. The van der Waals surface area contributed by atoms with E-state index in [4.69, 9.17) is 9.15 Å². The van der Waals surface area contributed by atoms with Crippen LogP contribution in [0.15, 0.2) is 40.1 Å². The minimum Gasteiger partial charge on any atom is -0.469 e. The van der Waals surface area contributed by atoms with Gasteiger partial charge >= 0.3 is 0 Å². The third-order valence-electron chi connectivity index (χ3n) is 4.76. The quantitative estimate of drug-likeness (QED) is 0.417. The van der Waals surface area contributed by atoms with Crippen molar-refractivity contribution < 1.29 is 13.9 Å². The monoisotopic (exact) mass is 414 g/mol. The topological polar surface area (TPSA) is 82.2 Å². The van der Waals surface area contributed by atoms with Crippen molar-refractivity contribution in [3.05, 3.63) is 47.4 Å². The summed E-state index contributed by atoms with van der Waals surface area (Å²) >= 11 is 1.37. The molecular formula is C21H26N4O3S. The van der Waals surface area contributed by atoms with Crippen LogP contribution in [0.5, 0.6) is 0 Å². The summed E-state index contributed by atoms with van der Waals surface area (Å²) in [5.74, 6) is 1.70. The largest absolute Gasteiger partial charge is 0.469 e. The molecule has 0 spiro atoms. The SMILES string of the molecule is COCCCn1c(SCC(=O)Nc2cccc(C)c2C)nnc1-c1ccoc1C. The molecule has 1 aromatic carbocycles. The summed E-state index contributed by atoms with van der Waals surface area (Å²) in [5.41, 5.74) is 3.97. The molecule has 1 amide bonds. The lowest BCUT2D eigenvalue weighted by Crippen LogP contribution is -2.16. The summed E-state index contributed by atoms with van der Waals surface area (Å²) in [4.78, 5) is 12.5. The number of furan rings is 1. The highest BCUT2D eigenvalue weighted by Gasteiger charge is 2.18. The number of carbonyl (C=O) groups excluding carboxylic acids is 1. The van der Waals surface area contributed by atoms with Crippen molar-refractivity contribution in [3.8, 4) is 11.4 Å². The molecule has 0 fully saturated rings. The van der Waals surface area contributed by atoms with E-state index in [1.54, 1.807) is 13.4 Å². The number of benzene rings is 1. The molecule has 0 unspecified atom stereocenters. The molecule has 0 radical (unpaired) electrons. The molecule has 0 aliphatic carbocycles. The number of carbonyl (C=O) groups is 1. The average molecular weight is 415 g/mol. The van der Waals surface area contributed by atoms with Crippen LogP contribution in [0.25, 0.3) is 11.4 Å². The van der Waals surface area contributed by atoms with Crippen LogP contribution in [-0.4, -0.2) is 40.1 Å². The summed E-state index contributed by atoms with van der Waals surface area (Å²) in [7, 11) is 1.68. The van der Waals surface area contributed by atoms with Crippen molar-refractivity contribution in [1.82, 2.24) is 14.8 Å². The predicted octanol–water partition coefficient (Wildman–Crippen LogP) is 4.23. The molecule has 0 saturated heterocycles. The highest BCUT2D eigenvalue weighted by molar-refractivity contribution is 7.99. The first-order valence-electron chi connectivity index (χ1n) is 9.46. The van der Waals surface area contributed by atoms with Gasteiger partial charge in [0.25, 0.3) is 0 Å². The number of anilines is 1. The number of ether oxygens (including phenoxy) is 1. The Bertz CT molecular complexity index is 980. The van der Waals surface area contributed by atoms with E-state index in [2.05, 4.69) is 15.5 Å². The molecule has 0 saturated carbocycles. The molecule has 1 N–H and O–H groups in total. The predicted molar refractivity (Wildman–Crippen MR) is 114 cm³/mol. The van der Waals surface area contributed by atoms with Gasteiger partial charge in [-0.1, -0.05) is 23.9 Å². The molecule has 0 aliphatic heterocycles. The van der Waals surface area contributed by atoms with E-state index < -0.39 is 0 Å². The number of aryl methyl sites for hydroxylation is 2. The van der Waals surface area contributed by atoms with Crippen molar-refractivity contribution in [1.29, 1.82) is 0 Å². The van der Waals surface area contributed by atoms with Gasteiger partial charge in [0.05, 0.1) is 17.6 Å². The van der Waals surface area contributed by atoms with Crippen molar-refractivity contribution in [2.24, 2.45) is 0 Å². The van der Waals surface area contributed by atoms with E-state index in [1.165, 1.54) is 11.8 Å². The maximum atomic E-state index is 12.5. The first-order valence-corrected chi connectivity index (χ1v) is 10.4.